The number of hydrogen-bond donors (Lipinski definition) is 1. The van der Waals surface area contributed by atoms with Gasteiger partial charge in [0.25, 0.3) is 0 Å². The van der Waals surface area contributed by atoms with E-state index in [-0.39, 0.29) is 0 Å². The maximum absolute atomic E-state index is 5.47. The minimum absolute atomic E-state index is 0.487. The Balaban J connectivity index is 2.26. The first kappa shape index (κ1) is 13.0. The van der Waals surface area contributed by atoms with Crippen molar-refractivity contribution in [2.75, 3.05) is 32.2 Å². The van der Waals surface area contributed by atoms with Gasteiger partial charge in [0.2, 0.25) is 0 Å². The van der Waals surface area contributed by atoms with Crippen LogP contribution in [0, 0.1) is 0 Å². The van der Waals surface area contributed by atoms with Gasteiger partial charge in [-0.05, 0) is 26.0 Å². The van der Waals surface area contributed by atoms with Crippen molar-refractivity contribution in [1.82, 2.24) is 5.32 Å². The van der Waals surface area contributed by atoms with Crippen LogP contribution in [-0.4, -0.2) is 39.4 Å². The lowest BCUT2D eigenvalue weighted by molar-refractivity contribution is 0.383. The van der Waals surface area contributed by atoms with E-state index in [0.29, 0.717) is 12.1 Å². The number of piperazine rings is 1. The van der Waals surface area contributed by atoms with Gasteiger partial charge in [-0.3, -0.25) is 0 Å². The molecule has 1 aliphatic rings. The molecule has 1 aromatic carbocycles. The van der Waals surface area contributed by atoms with Crippen molar-refractivity contribution in [2.24, 2.45) is 0 Å². The molecule has 0 bridgehead atoms. The Morgan fingerprint density at radius 2 is 1.78 bits per heavy atom. The summed E-state index contributed by atoms with van der Waals surface area (Å²) in [6.45, 7) is 6.40. The lowest BCUT2D eigenvalue weighted by Gasteiger charge is -2.38. The Morgan fingerprint density at radius 3 is 2.33 bits per heavy atom. The predicted octanol–water partition coefficient (Wildman–Crippen LogP) is 1.89. The van der Waals surface area contributed by atoms with Crippen LogP contribution in [0.2, 0.25) is 0 Å². The molecule has 0 aromatic heterocycles. The second kappa shape index (κ2) is 5.48. The van der Waals surface area contributed by atoms with Gasteiger partial charge in [-0.25, -0.2) is 0 Å². The molecule has 0 amide bonds. The number of hydrogen-bond acceptors (Lipinski definition) is 4. The van der Waals surface area contributed by atoms with Crippen molar-refractivity contribution in [3.05, 3.63) is 18.2 Å². The Bertz CT molecular complexity index is 399. The molecule has 1 heterocycles. The van der Waals surface area contributed by atoms with Crippen molar-refractivity contribution < 1.29 is 9.47 Å². The molecule has 18 heavy (non-hydrogen) atoms. The van der Waals surface area contributed by atoms with Crippen LogP contribution in [0.25, 0.3) is 0 Å². The summed E-state index contributed by atoms with van der Waals surface area (Å²) in [6, 6.07) is 6.96. The number of ether oxygens (including phenoxy) is 2. The van der Waals surface area contributed by atoms with Crippen LogP contribution in [-0.2, 0) is 0 Å². The van der Waals surface area contributed by atoms with Crippen LogP contribution in [0.3, 0.4) is 0 Å². The Morgan fingerprint density at radius 1 is 1.11 bits per heavy atom. The maximum atomic E-state index is 5.47. The van der Waals surface area contributed by atoms with E-state index in [1.54, 1.807) is 14.2 Å². The molecule has 1 aromatic rings. The van der Waals surface area contributed by atoms with Gasteiger partial charge in [-0.15, -0.1) is 0 Å². The molecule has 1 N–H and O–H groups in total. The second-order valence-electron chi connectivity index (χ2n) is 4.91. The van der Waals surface area contributed by atoms with Gasteiger partial charge in [0.15, 0.2) is 0 Å². The molecular weight excluding hydrogens is 228 g/mol. The van der Waals surface area contributed by atoms with Gasteiger partial charge >= 0.3 is 0 Å². The molecule has 100 valence electrons. The van der Waals surface area contributed by atoms with Gasteiger partial charge < -0.3 is 19.7 Å². The Kier molecular flexibility index (Phi) is 3.97. The SMILES string of the molecule is COc1ccc(N2C[C@@H](C)N[C@@H](C)C2)c(OC)c1. The average Bonchev–Trinajstić information content (AvgIpc) is 2.36. The zero-order valence-corrected chi connectivity index (χ0v) is 11.6. The Labute approximate surface area is 109 Å². The van der Waals surface area contributed by atoms with Crippen LogP contribution < -0.4 is 19.7 Å². The van der Waals surface area contributed by atoms with E-state index in [0.717, 1.165) is 30.3 Å². The average molecular weight is 250 g/mol. The van der Waals surface area contributed by atoms with Gasteiger partial charge in [-0.2, -0.15) is 0 Å². The largest absolute Gasteiger partial charge is 0.497 e. The van der Waals surface area contributed by atoms with Crippen LogP contribution >= 0.6 is 0 Å². The highest BCUT2D eigenvalue weighted by atomic mass is 16.5. The van der Waals surface area contributed by atoms with Crippen LogP contribution in [0.15, 0.2) is 18.2 Å². The molecule has 4 nitrogen and oxygen atoms in total. The van der Waals surface area contributed by atoms with E-state index in [9.17, 15) is 0 Å². The molecule has 0 radical (unpaired) electrons. The number of methoxy groups -OCH3 is 2. The lowest BCUT2D eigenvalue weighted by atomic mass is 10.1. The van der Waals surface area contributed by atoms with Crippen LogP contribution in [0.4, 0.5) is 5.69 Å². The Hall–Kier alpha value is -1.42. The number of nitrogens with one attached hydrogen (secondary N) is 1. The number of nitrogens with zero attached hydrogens (tertiary/aromatic N) is 1. The molecule has 1 aliphatic heterocycles. The monoisotopic (exact) mass is 250 g/mol. The molecule has 1 fully saturated rings. The van der Waals surface area contributed by atoms with E-state index >= 15 is 0 Å². The molecule has 1 saturated heterocycles. The summed E-state index contributed by atoms with van der Waals surface area (Å²) < 4.78 is 10.7. The molecular formula is C14H22N2O2. The van der Waals surface area contributed by atoms with E-state index in [1.165, 1.54) is 0 Å². The molecule has 2 atom stereocenters. The fraction of sp³-hybridized carbons (Fsp3) is 0.571. The van der Waals surface area contributed by atoms with Gasteiger partial charge in [0.05, 0.1) is 19.9 Å². The molecule has 2 rings (SSSR count). The summed E-state index contributed by atoms with van der Waals surface area (Å²) in [5.74, 6) is 1.70. The second-order valence-corrected chi connectivity index (χ2v) is 4.91. The van der Waals surface area contributed by atoms with E-state index in [1.807, 2.05) is 12.1 Å². The van der Waals surface area contributed by atoms with Crippen molar-refractivity contribution >= 4 is 5.69 Å². The summed E-state index contributed by atoms with van der Waals surface area (Å²) in [6.07, 6.45) is 0. The highest BCUT2D eigenvalue weighted by molar-refractivity contribution is 5.61. The van der Waals surface area contributed by atoms with Gasteiger partial charge in [0.1, 0.15) is 11.5 Å². The maximum Gasteiger partial charge on any atom is 0.145 e. The highest BCUT2D eigenvalue weighted by Crippen LogP contribution is 2.33. The molecule has 0 spiro atoms. The first-order valence-electron chi connectivity index (χ1n) is 6.37. The smallest absolute Gasteiger partial charge is 0.145 e. The standard InChI is InChI=1S/C14H22N2O2/c1-10-8-16(9-11(2)15-10)13-6-5-12(17-3)7-14(13)18-4/h5-7,10-11,15H,8-9H2,1-4H3/t10-,11+. The first-order chi connectivity index (χ1) is 8.63. The third-order valence-electron chi connectivity index (χ3n) is 3.29. The summed E-state index contributed by atoms with van der Waals surface area (Å²) in [5.41, 5.74) is 1.14. The first-order valence-corrected chi connectivity index (χ1v) is 6.37. The summed E-state index contributed by atoms with van der Waals surface area (Å²) >= 11 is 0. The number of anilines is 1. The lowest BCUT2D eigenvalue weighted by Crippen LogP contribution is -2.54. The van der Waals surface area contributed by atoms with E-state index in [4.69, 9.17) is 9.47 Å². The van der Waals surface area contributed by atoms with E-state index in [2.05, 4.69) is 30.1 Å². The molecule has 0 unspecified atom stereocenters. The number of rotatable bonds is 3. The van der Waals surface area contributed by atoms with Crippen molar-refractivity contribution in [3.63, 3.8) is 0 Å². The van der Waals surface area contributed by atoms with Gasteiger partial charge in [-0.1, -0.05) is 0 Å². The molecule has 4 heteroatoms. The van der Waals surface area contributed by atoms with Crippen molar-refractivity contribution in [3.8, 4) is 11.5 Å². The summed E-state index contributed by atoms with van der Waals surface area (Å²) in [5, 5.41) is 3.53. The molecule has 0 aliphatic carbocycles. The highest BCUT2D eigenvalue weighted by Gasteiger charge is 2.23. The zero-order valence-electron chi connectivity index (χ0n) is 11.6. The predicted molar refractivity (Wildman–Crippen MR) is 73.8 cm³/mol. The fourth-order valence-electron chi connectivity index (χ4n) is 2.57. The van der Waals surface area contributed by atoms with Crippen molar-refractivity contribution in [2.45, 2.75) is 25.9 Å². The van der Waals surface area contributed by atoms with Crippen molar-refractivity contribution in [1.29, 1.82) is 0 Å². The third kappa shape index (κ3) is 2.70. The fourth-order valence-corrected chi connectivity index (χ4v) is 2.57. The third-order valence-corrected chi connectivity index (χ3v) is 3.29. The minimum atomic E-state index is 0.487. The van der Waals surface area contributed by atoms with Gasteiger partial charge in [0, 0.05) is 31.2 Å². The van der Waals surface area contributed by atoms with E-state index < -0.39 is 0 Å². The van der Waals surface area contributed by atoms with Crippen LogP contribution in [0.5, 0.6) is 11.5 Å². The topological polar surface area (TPSA) is 33.7 Å². The normalized spacial score (nSPS) is 23.9. The van der Waals surface area contributed by atoms with Crippen LogP contribution in [0.1, 0.15) is 13.8 Å². The zero-order chi connectivity index (χ0) is 13.1. The number of benzene rings is 1. The quantitative estimate of drug-likeness (QED) is 0.888. The minimum Gasteiger partial charge on any atom is -0.497 e. The molecule has 0 saturated carbocycles. The summed E-state index contributed by atoms with van der Waals surface area (Å²) in [7, 11) is 3.37. The summed E-state index contributed by atoms with van der Waals surface area (Å²) in [4.78, 5) is 2.37.